The minimum absolute atomic E-state index is 0.138. The van der Waals surface area contributed by atoms with Crippen LogP contribution in [-0.4, -0.2) is 12.5 Å². The number of fused-ring (bicyclic) bond motifs is 1. The quantitative estimate of drug-likeness (QED) is 0.497. The van der Waals surface area contributed by atoms with Crippen molar-refractivity contribution in [1.82, 2.24) is 0 Å². The number of nitrogens with zero attached hydrogens (tertiary/aromatic N) is 1. The molecule has 0 saturated heterocycles. The van der Waals surface area contributed by atoms with Crippen LogP contribution in [0.4, 0.5) is 4.39 Å². The van der Waals surface area contributed by atoms with Crippen LogP contribution in [-0.2, 0) is 16.1 Å². The Morgan fingerprint density at radius 2 is 2.57 bits per heavy atom. The third-order valence-corrected chi connectivity index (χ3v) is 1.70. The molecule has 1 unspecified atom stereocenters. The summed E-state index contributed by atoms with van der Waals surface area (Å²) >= 11 is 0. The van der Waals surface area contributed by atoms with Gasteiger partial charge < -0.3 is 9.47 Å². The maximum Gasteiger partial charge on any atom is 0.312 e. The fraction of sp³-hybridized carbons (Fsp3) is 0.222. The molecule has 1 atom stereocenters. The third kappa shape index (κ3) is 1.64. The second-order valence-electron chi connectivity index (χ2n) is 2.63. The Balaban J connectivity index is 2.27. The van der Waals surface area contributed by atoms with E-state index in [1.165, 1.54) is 12.1 Å². The molecule has 14 heavy (non-hydrogen) atoms. The van der Waals surface area contributed by atoms with Crippen molar-refractivity contribution in [3.63, 3.8) is 0 Å². The number of hydrogen-bond acceptors (Lipinski definition) is 4. The molecule has 0 aliphatic carbocycles. The molecule has 0 aromatic heterocycles. The molecule has 0 amide bonds. The Bertz CT molecular complexity index is 401. The number of hydrogen-bond donors (Lipinski definition) is 0. The van der Waals surface area contributed by atoms with Gasteiger partial charge in [-0.15, -0.1) is 4.99 Å². The van der Waals surface area contributed by atoms with Gasteiger partial charge in [0.1, 0.15) is 11.6 Å². The fourth-order valence-electron chi connectivity index (χ4n) is 1.12. The first-order chi connectivity index (χ1) is 6.79. The van der Waals surface area contributed by atoms with E-state index in [1.54, 1.807) is 0 Å². The normalized spacial score (nSPS) is 19.1. The highest BCUT2D eigenvalue weighted by Crippen LogP contribution is 2.26. The van der Waals surface area contributed by atoms with Crippen LogP contribution in [0.2, 0.25) is 0 Å². The molecule has 2 rings (SSSR count). The van der Waals surface area contributed by atoms with Crippen molar-refractivity contribution in [2.45, 2.75) is 13.0 Å². The van der Waals surface area contributed by atoms with Crippen LogP contribution >= 0.6 is 0 Å². The van der Waals surface area contributed by atoms with Gasteiger partial charge in [0, 0.05) is 11.6 Å². The predicted molar refractivity (Wildman–Crippen MR) is 42.6 cm³/mol. The minimum Gasteiger partial charge on any atom is -0.443 e. The highest BCUT2D eigenvalue weighted by atomic mass is 19.1. The maximum atomic E-state index is 12.7. The van der Waals surface area contributed by atoms with E-state index in [-0.39, 0.29) is 6.61 Å². The van der Waals surface area contributed by atoms with Crippen molar-refractivity contribution < 1.29 is 18.7 Å². The first-order valence-electron chi connectivity index (χ1n) is 3.85. The van der Waals surface area contributed by atoms with Crippen molar-refractivity contribution in [3.8, 4) is 5.75 Å². The van der Waals surface area contributed by atoms with Crippen LogP contribution in [0.3, 0.4) is 0 Å². The van der Waals surface area contributed by atoms with E-state index in [0.29, 0.717) is 11.3 Å². The number of isocyanates is 1. The molecular weight excluding hydrogens is 189 g/mol. The fourth-order valence-corrected chi connectivity index (χ4v) is 1.12. The Morgan fingerprint density at radius 1 is 1.71 bits per heavy atom. The number of rotatable bonds is 1. The first-order valence-corrected chi connectivity index (χ1v) is 3.85. The average molecular weight is 194 g/mol. The highest BCUT2D eigenvalue weighted by Gasteiger charge is 2.19. The summed E-state index contributed by atoms with van der Waals surface area (Å²) in [6.45, 7) is 0.138. The molecule has 0 spiro atoms. The second-order valence-corrected chi connectivity index (χ2v) is 2.63. The van der Waals surface area contributed by atoms with Gasteiger partial charge in [-0.1, -0.05) is 0 Å². The molecule has 1 aromatic rings. The zero-order chi connectivity index (χ0) is 9.97. The topological polar surface area (TPSA) is 47.9 Å². The molecule has 0 N–H and O–H groups in total. The second kappa shape index (κ2) is 3.57. The first kappa shape index (κ1) is 8.87. The average Bonchev–Trinajstić information content (AvgIpc) is 2.19. The number of halogens is 1. The van der Waals surface area contributed by atoms with Crippen molar-refractivity contribution >= 4 is 6.08 Å². The summed E-state index contributed by atoms with van der Waals surface area (Å²) in [6.07, 6.45) is 0.318. The summed E-state index contributed by atoms with van der Waals surface area (Å²) in [5.41, 5.74) is 0.544. The zero-order valence-electron chi connectivity index (χ0n) is 6.99. The van der Waals surface area contributed by atoms with E-state index in [1.807, 2.05) is 0 Å². The van der Waals surface area contributed by atoms with Gasteiger partial charge in [0.25, 0.3) is 0 Å². The van der Waals surface area contributed by atoms with Crippen LogP contribution < -0.4 is 4.74 Å². The van der Waals surface area contributed by atoms with Crippen molar-refractivity contribution in [1.29, 1.82) is 0 Å². The van der Waals surface area contributed by atoms with Crippen molar-refractivity contribution in [2.24, 2.45) is 4.99 Å². The third-order valence-electron chi connectivity index (χ3n) is 1.70. The smallest absolute Gasteiger partial charge is 0.312 e. The van der Waals surface area contributed by atoms with Crippen LogP contribution in [0.25, 0.3) is 0 Å². The van der Waals surface area contributed by atoms with Gasteiger partial charge in [-0.3, -0.25) is 0 Å². The van der Waals surface area contributed by atoms with Crippen LogP contribution in [0, 0.1) is 11.9 Å². The van der Waals surface area contributed by atoms with Gasteiger partial charge in [0.15, 0.2) is 0 Å². The highest BCUT2D eigenvalue weighted by molar-refractivity contribution is 5.35. The van der Waals surface area contributed by atoms with E-state index >= 15 is 0 Å². The van der Waals surface area contributed by atoms with Crippen molar-refractivity contribution in [2.75, 3.05) is 0 Å². The maximum absolute atomic E-state index is 12.7. The summed E-state index contributed by atoms with van der Waals surface area (Å²) in [7, 11) is 0. The van der Waals surface area contributed by atoms with E-state index in [9.17, 15) is 9.18 Å². The van der Waals surface area contributed by atoms with Crippen molar-refractivity contribution in [3.05, 3.63) is 29.6 Å². The van der Waals surface area contributed by atoms with E-state index in [0.717, 1.165) is 6.07 Å². The lowest BCUT2D eigenvalue weighted by atomic mass is 10.2. The zero-order valence-corrected chi connectivity index (χ0v) is 6.99. The Kier molecular flexibility index (Phi) is 2.26. The SMILES string of the molecule is O=C=NC1OCc2cc(F)c[c]c2O1. The monoisotopic (exact) mass is 194 g/mol. The Hall–Kier alpha value is -1.71. The van der Waals surface area contributed by atoms with Gasteiger partial charge in [-0.2, -0.15) is 0 Å². The molecule has 1 aromatic carbocycles. The molecule has 0 bridgehead atoms. The summed E-state index contributed by atoms with van der Waals surface area (Å²) in [4.78, 5) is 13.2. The van der Waals surface area contributed by atoms with E-state index in [4.69, 9.17) is 9.47 Å². The lowest BCUT2D eigenvalue weighted by molar-refractivity contribution is -0.101. The summed E-state index contributed by atoms with van der Waals surface area (Å²) in [5.74, 6) is -0.0602. The Labute approximate surface area is 79.0 Å². The molecule has 0 saturated carbocycles. The molecule has 1 heterocycles. The molecule has 4 nitrogen and oxygen atoms in total. The number of carbonyl (C=O) groups excluding carboxylic acids is 1. The molecule has 71 valence electrons. The van der Waals surface area contributed by atoms with Gasteiger partial charge >= 0.3 is 6.41 Å². The number of benzene rings is 1. The predicted octanol–water partition coefficient (Wildman–Crippen LogP) is 1.15. The molecule has 1 aliphatic rings. The summed E-state index contributed by atoms with van der Waals surface area (Å²) in [6, 6.07) is 5.01. The van der Waals surface area contributed by atoms with Crippen LogP contribution in [0.15, 0.2) is 17.1 Å². The van der Waals surface area contributed by atoms with Crippen LogP contribution in [0.1, 0.15) is 5.56 Å². The number of ether oxygens (including phenoxy) is 2. The van der Waals surface area contributed by atoms with Crippen LogP contribution in [0.5, 0.6) is 5.75 Å². The lowest BCUT2D eigenvalue weighted by Crippen LogP contribution is -2.23. The van der Waals surface area contributed by atoms with Gasteiger partial charge in [-0.25, -0.2) is 9.18 Å². The Morgan fingerprint density at radius 3 is 3.36 bits per heavy atom. The summed E-state index contributed by atoms with van der Waals surface area (Å²) in [5, 5.41) is 0. The lowest BCUT2D eigenvalue weighted by Gasteiger charge is -2.21. The van der Waals surface area contributed by atoms with E-state index in [2.05, 4.69) is 11.1 Å². The molecule has 1 aliphatic heterocycles. The largest absolute Gasteiger partial charge is 0.443 e. The molecule has 5 heteroatoms. The van der Waals surface area contributed by atoms with Gasteiger partial charge in [0.2, 0.25) is 6.08 Å². The van der Waals surface area contributed by atoms with E-state index < -0.39 is 12.2 Å². The number of aliphatic imine (C=N–C) groups is 1. The molecule has 1 radical (unpaired) electrons. The summed E-state index contributed by atoms with van der Waals surface area (Å²) < 4.78 is 22.7. The molecular formula is C9H5FNO3. The van der Waals surface area contributed by atoms with Gasteiger partial charge in [-0.05, 0) is 12.1 Å². The standard InChI is InChI=1S/C9H5FNO3/c10-7-1-2-8-6(3-7)4-13-9(14-8)11-5-12/h1,3,9H,4H2. The van der Waals surface area contributed by atoms with Gasteiger partial charge in [0.05, 0.1) is 6.61 Å². The minimum atomic E-state index is -0.998. The molecule has 0 fully saturated rings.